The van der Waals surface area contributed by atoms with E-state index in [-0.39, 0.29) is 29.4 Å². The van der Waals surface area contributed by atoms with E-state index in [4.69, 9.17) is 10.8 Å². The Morgan fingerprint density at radius 2 is 2.11 bits per heavy atom. The standard InChI is InChI=1S/C14H22N2O3/c1-14(2,6-3-7-17)9-16-13(19)10-4-5-11(15)12(18)8-10/h4-5,8,17-18H,3,6-7,9,15H2,1-2H3,(H,16,19). The van der Waals surface area contributed by atoms with E-state index in [9.17, 15) is 9.90 Å². The minimum Gasteiger partial charge on any atom is -0.506 e. The molecule has 19 heavy (non-hydrogen) atoms. The largest absolute Gasteiger partial charge is 0.506 e. The van der Waals surface area contributed by atoms with Crippen molar-refractivity contribution >= 4 is 11.6 Å². The number of nitrogen functional groups attached to an aromatic ring is 1. The number of aliphatic hydroxyl groups is 1. The molecule has 0 spiro atoms. The third-order valence-electron chi connectivity index (χ3n) is 3.03. The van der Waals surface area contributed by atoms with Crippen LogP contribution >= 0.6 is 0 Å². The zero-order chi connectivity index (χ0) is 14.5. The summed E-state index contributed by atoms with van der Waals surface area (Å²) >= 11 is 0. The minimum atomic E-state index is -0.243. The molecular formula is C14H22N2O3. The molecule has 106 valence electrons. The fourth-order valence-electron chi connectivity index (χ4n) is 1.75. The number of aromatic hydroxyl groups is 1. The summed E-state index contributed by atoms with van der Waals surface area (Å²) in [5.74, 6) is -0.334. The van der Waals surface area contributed by atoms with E-state index < -0.39 is 0 Å². The summed E-state index contributed by atoms with van der Waals surface area (Å²) in [6.45, 7) is 4.73. The molecule has 0 fully saturated rings. The molecule has 0 aliphatic heterocycles. The number of carbonyl (C=O) groups excluding carboxylic acids is 1. The van der Waals surface area contributed by atoms with Gasteiger partial charge in [-0.3, -0.25) is 4.79 Å². The average molecular weight is 266 g/mol. The van der Waals surface area contributed by atoms with Crippen molar-refractivity contribution in [2.45, 2.75) is 26.7 Å². The zero-order valence-electron chi connectivity index (χ0n) is 11.4. The van der Waals surface area contributed by atoms with Gasteiger partial charge in [0.1, 0.15) is 5.75 Å². The molecule has 0 radical (unpaired) electrons. The molecule has 0 aliphatic rings. The van der Waals surface area contributed by atoms with E-state index in [2.05, 4.69) is 5.32 Å². The smallest absolute Gasteiger partial charge is 0.251 e. The van der Waals surface area contributed by atoms with Gasteiger partial charge in [-0.05, 0) is 36.5 Å². The topological polar surface area (TPSA) is 95.6 Å². The van der Waals surface area contributed by atoms with Crippen molar-refractivity contribution in [1.82, 2.24) is 5.32 Å². The molecule has 0 aliphatic carbocycles. The van der Waals surface area contributed by atoms with Gasteiger partial charge in [0.15, 0.2) is 0 Å². The van der Waals surface area contributed by atoms with Crippen LogP contribution in [0.4, 0.5) is 5.69 Å². The number of phenolic OH excluding ortho intramolecular Hbond substituents is 1. The van der Waals surface area contributed by atoms with Gasteiger partial charge in [-0.2, -0.15) is 0 Å². The summed E-state index contributed by atoms with van der Waals surface area (Å²) < 4.78 is 0. The number of hydrogen-bond acceptors (Lipinski definition) is 4. The lowest BCUT2D eigenvalue weighted by molar-refractivity contribution is 0.0932. The van der Waals surface area contributed by atoms with Crippen LogP contribution in [-0.4, -0.2) is 29.3 Å². The first-order chi connectivity index (χ1) is 8.85. The van der Waals surface area contributed by atoms with Gasteiger partial charge in [0.25, 0.3) is 5.91 Å². The minimum absolute atomic E-state index is 0.0752. The van der Waals surface area contributed by atoms with Gasteiger partial charge in [-0.15, -0.1) is 0 Å². The molecule has 1 aromatic rings. The Bertz CT molecular complexity index is 444. The molecule has 0 saturated carbocycles. The van der Waals surface area contributed by atoms with Crippen molar-refractivity contribution < 1.29 is 15.0 Å². The van der Waals surface area contributed by atoms with Crippen molar-refractivity contribution in [1.29, 1.82) is 0 Å². The summed E-state index contributed by atoms with van der Waals surface area (Å²) in [5, 5.41) is 21.1. The quantitative estimate of drug-likeness (QED) is 0.463. The summed E-state index contributed by atoms with van der Waals surface area (Å²) in [5.41, 5.74) is 6.04. The molecule has 0 unspecified atom stereocenters. The summed E-state index contributed by atoms with van der Waals surface area (Å²) in [6, 6.07) is 4.43. The van der Waals surface area contributed by atoms with E-state index in [0.717, 1.165) is 6.42 Å². The Hall–Kier alpha value is -1.75. The molecule has 5 heteroatoms. The summed E-state index contributed by atoms with van der Waals surface area (Å²) in [6.07, 6.45) is 1.54. The number of anilines is 1. The van der Waals surface area contributed by atoms with Crippen LogP contribution in [0.15, 0.2) is 18.2 Å². The maximum atomic E-state index is 11.9. The highest BCUT2D eigenvalue weighted by Crippen LogP contribution is 2.22. The third kappa shape index (κ3) is 4.79. The normalized spacial score (nSPS) is 11.3. The number of amides is 1. The Labute approximate surface area is 113 Å². The molecule has 1 rings (SSSR count). The van der Waals surface area contributed by atoms with Gasteiger partial charge < -0.3 is 21.3 Å². The first kappa shape index (κ1) is 15.3. The van der Waals surface area contributed by atoms with Gasteiger partial charge in [0.2, 0.25) is 0 Å². The lowest BCUT2D eigenvalue weighted by atomic mass is 9.88. The molecule has 5 nitrogen and oxygen atoms in total. The molecule has 1 aromatic carbocycles. The van der Waals surface area contributed by atoms with Crippen molar-refractivity contribution in [3.63, 3.8) is 0 Å². The molecule has 0 atom stereocenters. The lowest BCUT2D eigenvalue weighted by Crippen LogP contribution is -2.34. The van der Waals surface area contributed by atoms with E-state index in [1.807, 2.05) is 13.8 Å². The highest BCUT2D eigenvalue weighted by molar-refractivity contribution is 5.95. The van der Waals surface area contributed by atoms with Gasteiger partial charge in [0, 0.05) is 18.7 Å². The fourth-order valence-corrected chi connectivity index (χ4v) is 1.75. The zero-order valence-corrected chi connectivity index (χ0v) is 11.4. The van der Waals surface area contributed by atoms with Crippen LogP contribution in [0.1, 0.15) is 37.0 Å². The second kappa shape index (κ2) is 6.43. The maximum Gasteiger partial charge on any atom is 0.251 e. The number of nitrogens with one attached hydrogen (secondary N) is 1. The van der Waals surface area contributed by atoms with Crippen molar-refractivity contribution in [2.24, 2.45) is 5.41 Å². The molecular weight excluding hydrogens is 244 g/mol. The summed E-state index contributed by atoms with van der Waals surface area (Å²) in [7, 11) is 0. The Kier molecular flexibility index (Phi) is 5.18. The van der Waals surface area contributed by atoms with E-state index in [0.29, 0.717) is 18.5 Å². The summed E-state index contributed by atoms with van der Waals surface area (Å²) in [4.78, 5) is 11.9. The first-order valence-corrected chi connectivity index (χ1v) is 6.33. The number of carbonyl (C=O) groups is 1. The number of phenols is 1. The van der Waals surface area contributed by atoms with Crippen LogP contribution in [0, 0.1) is 5.41 Å². The van der Waals surface area contributed by atoms with E-state index in [1.165, 1.54) is 12.1 Å². The van der Waals surface area contributed by atoms with E-state index >= 15 is 0 Å². The molecule has 0 saturated heterocycles. The van der Waals surface area contributed by atoms with Crippen LogP contribution in [-0.2, 0) is 0 Å². The predicted octanol–water partition coefficient (Wildman–Crippen LogP) is 1.50. The van der Waals surface area contributed by atoms with E-state index in [1.54, 1.807) is 6.07 Å². The number of rotatable bonds is 6. The number of hydrogen-bond donors (Lipinski definition) is 4. The number of benzene rings is 1. The molecule has 0 heterocycles. The second-order valence-electron chi connectivity index (χ2n) is 5.45. The van der Waals surface area contributed by atoms with Crippen molar-refractivity contribution in [2.75, 3.05) is 18.9 Å². The Morgan fingerprint density at radius 3 is 2.68 bits per heavy atom. The van der Waals surface area contributed by atoms with Gasteiger partial charge >= 0.3 is 0 Å². The molecule has 5 N–H and O–H groups in total. The monoisotopic (exact) mass is 266 g/mol. The highest BCUT2D eigenvalue weighted by Gasteiger charge is 2.19. The van der Waals surface area contributed by atoms with Gasteiger partial charge in [-0.1, -0.05) is 13.8 Å². The van der Waals surface area contributed by atoms with Gasteiger partial charge in [-0.25, -0.2) is 0 Å². The van der Waals surface area contributed by atoms with Crippen LogP contribution in [0.3, 0.4) is 0 Å². The van der Waals surface area contributed by atoms with Crippen LogP contribution in [0.5, 0.6) is 5.75 Å². The van der Waals surface area contributed by atoms with Crippen LogP contribution in [0.2, 0.25) is 0 Å². The SMILES string of the molecule is CC(C)(CCCO)CNC(=O)c1ccc(N)c(O)c1. The van der Waals surface area contributed by atoms with Crippen molar-refractivity contribution in [3.05, 3.63) is 23.8 Å². The molecule has 0 aromatic heterocycles. The highest BCUT2D eigenvalue weighted by atomic mass is 16.3. The van der Waals surface area contributed by atoms with Crippen molar-refractivity contribution in [3.8, 4) is 5.75 Å². The number of nitrogens with two attached hydrogens (primary N) is 1. The maximum absolute atomic E-state index is 11.9. The van der Waals surface area contributed by atoms with Crippen LogP contribution < -0.4 is 11.1 Å². The molecule has 0 bridgehead atoms. The number of aliphatic hydroxyl groups excluding tert-OH is 1. The average Bonchev–Trinajstić information content (AvgIpc) is 2.37. The molecule has 1 amide bonds. The predicted molar refractivity (Wildman–Crippen MR) is 75.0 cm³/mol. The van der Waals surface area contributed by atoms with Crippen LogP contribution in [0.25, 0.3) is 0 Å². The second-order valence-corrected chi connectivity index (χ2v) is 5.45. The first-order valence-electron chi connectivity index (χ1n) is 6.33. The lowest BCUT2D eigenvalue weighted by Gasteiger charge is -2.24. The Balaban J connectivity index is 2.57. The van der Waals surface area contributed by atoms with Gasteiger partial charge in [0.05, 0.1) is 5.69 Å². The Morgan fingerprint density at radius 1 is 1.42 bits per heavy atom. The third-order valence-corrected chi connectivity index (χ3v) is 3.03. The fraction of sp³-hybridized carbons (Fsp3) is 0.500.